The Balaban J connectivity index is 3.34. The molecule has 0 bridgehead atoms. The Morgan fingerprint density at radius 1 is 1.64 bits per heavy atom. The summed E-state index contributed by atoms with van der Waals surface area (Å²) >= 11 is 0. The molecule has 0 fully saturated rings. The summed E-state index contributed by atoms with van der Waals surface area (Å²) in [6.07, 6.45) is 2.47. The number of carbonyl (C=O) groups excluding carboxylic acids is 1. The van der Waals surface area contributed by atoms with E-state index < -0.39 is 0 Å². The largest absolute Gasteiger partial charge is 0.330 e. The van der Waals surface area contributed by atoms with Crippen molar-refractivity contribution in [3.63, 3.8) is 0 Å². The van der Waals surface area contributed by atoms with E-state index in [0.29, 0.717) is 13.1 Å². The number of nitrogens with zero attached hydrogens (tertiary/aromatic N) is 1. The van der Waals surface area contributed by atoms with Gasteiger partial charge in [-0.25, -0.2) is 0 Å². The van der Waals surface area contributed by atoms with E-state index in [4.69, 9.17) is 5.73 Å². The minimum Gasteiger partial charge on any atom is -0.330 e. The van der Waals surface area contributed by atoms with Gasteiger partial charge in [0.05, 0.1) is 0 Å². The molecule has 1 unspecified atom stereocenters. The number of hydrogen-bond acceptors (Lipinski definition) is 4. The molecule has 4 heteroatoms. The third kappa shape index (κ3) is 5.54. The molecule has 0 amide bonds. The van der Waals surface area contributed by atoms with Gasteiger partial charge in [-0.05, 0) is 19.4 Å². The van der Waals surface area contributed by atoms with Crippen molar-refractivity contribution in [3.05, 3.63) is 0 Å². The van der Waals surface area contributed by atoms with Crippen molar-refractivity contribution in [2.24, 2.45) is 16.8 Å². The van der Waals surface area contributed by atoms with Crippen molar-refractivity contribution in [1.29, 1.82) is 0 Å². The Morgan fingerprint density at radius 2 is 2.36 bits per heavy atom. The molecule has 0 aliphatic carbocycles. The lowest BCUT2D eigenvalue weighted by Crippen LogP contribution is -2.16. The zero-order valence-corrected chi connectivity index (χ0v) is 6.62. The van der Waals surface area contributed by atoms with Gasteiger partial charge < -0.3 is 16.0 Å². The molecule has 11 heavy (non-hydrogen) atoms. The zero-order chi connectivity index (χ0) is 8.53. The number of hydrazone groups is 1. The highest BCUT2D eigenvalue weighted by Gasteiger charge is 2.04. The number of aldehydes is 1. The van der Waals surface area contributed by atoms with Crippen LogP contribution in [0.1, 0.15) is 12.8 Å². The number of nitrogens with two attached hydrogens (primary N) is 1. The van der Waals surface area contributed by atoms with Crippen LogP contribution in [0.3, 0.4) is 0 Å². The van der Waals surface area contributed by atoms with Gasteiger partial charge in [0.25, 0.3) is 0 Å². The quantitative estimate of drug-likeness (QED) is 0.232. The molecule has 0 saturated carbocycles. The number of carbonyl (C=O) groups is 1. The molecule has 64 valence electrons. The monoisotopic (exact) mass is 157 g/mol. The molecule has 1 atom stereocenters. The molecule has 4 nitrogen and oxygen atoms in total. The minimum atomic E-state index is 0.0641. The maximum absolute atomic E-state index is 10.4. The SMILES string of the molecule is C=NNCCC(C=O)CCN. The van der Waals surface area contributed by atoms with Crippen LogP contribution < -0.4 is 11.2 Å². The highest BCUT2D eigenvalue weighted by atomic mass is 16.1. The molecule has 3 N–H and O–H groups in total. The van der Waals surface area contributed by atoms with E-state index in [0.717, 1.165) is 19.1 Å². The summed E-state index contributed by atoms with van der Waals surface area (Å²) in [5.41, 5.74) is 7.98. The molecule has 0 aliphatic rings. The van der Waals surface area contributed by atoms with Gasteiger partial charge in [-0.2, -0.15) is 5.10 Å². The molecule has 0 rings (SSSR count). The van der Waals surface area contributed by atoms with Crippen LogP contribution in [-0.4, -0.2) is 26.1 Å². The van der Waals surface area contributed by atoms with Gasteiger partial charge in [0, 0.05) is 19.2 Å². The highest BCUT2D eigenvalue weighted by Crippen LogP contribution is 2.01. The molecule has 0 saturated heterocycles. The topological polar surface area (TPSA) is 67.5 Å². The Labute approximate surface area is 66.8 Å². The molecule has 0 aromatic carbocycles. The van der Waals surface area contributed by atoms with Gasteiger partial charge in [-0.1, -0.05) is 0 Å². The first-order valence-electron chi connectivity index (χ1n) is 3.69. The van der Waals surface area contributed by atoms with Gasteiger partial charge in [-0.15, -0.1) is 0 Å². The van der Waals surface area contributed by atoms with Crippen molar-refractivity contribution in [2.75, 3.05) is 13.1 Å². The van der Waals surface area contributed by atoms with E-state index in [-0.39, 0.29) is 5.92 Å². The zero-order valence-electron chi connectivity index (χ0n) is 6.62. The molecule has 0 heterocycles. The molecule has 0 aliphatic heterocycles. The van der Waals surface area contributed by atoms with Crippen LogP contribution in [0, 0.1) is 5.92 Å². The van der Waals surface area contributed by atoms with Crippen LogP contribution >= 0.6 is 0 Å². The number of hydrogen-bond donors (Lipinski definition) is 2. The fourth-order valence-corrected chi connectivity index (χ4v) is 0.823. The van der Waals surface area contributed by atoms with Crippen LogP contribution in [0.5, 0.6) is 0 Å². The summed E-state index contributed by atoms with van der Waals surface area (Å²) < 4.78 is 0. The molecule has 0 radical (unpaired) electrons. The van der Waals surface area contributed by atoms with E-state index in [1.54, 1.807) is 0 Å². The average Bonchev–Trinajstić information content (AvgIpc) is 2.03. The Hall–Kier alpha value is -0.900. The van der Waals surface area contributed by atoms with Crippen molar-refractivity contribution in [1.82, 2.24) is 5.43 Å². The summed E-state index contributed by atoms with van der Waals surface area (Å²) in [6.45, 7) is 4.50. The summed E-state index contributed by atoms with van der Waals surface area (Å²) in [4.78, 5) is 10.4. The van der Waals surface area contributed by atoms with Crippen molar-refractivity contribution in [2.45, 2.75) is 12.8 Å². The van der Waals surface area contributed by atoms with Crippen LogP contribution in [0.15, 0.2) is 5.10 Å². The van der Waals surface area contributed by atoms with Crippen molar-refractivity contribution >= 4 is 13.0 Å². The second kappa shape index (κ2) is 7.21. The lowest BCUT2D eigenvalue weighted by Gasteiger charge is -2.06. The fraction of sp³-hybridized carbons (Fsp3) is 0.714. The van der Waals surface area contributed by atoms with Gasteiger partial charge >= 0.3 is 0 Å². The van der Waals surface area contributed by atoms with Gasteiger partial charge in [0.1, 0.15) is 6.29 Å². The Kier molecular flexibility index (Phi) is 6.62. The lowest BCUT2D eigenvalue weighted by molar-refractivity contribution is -0.111. The van der Waals surface area contributed by atoms with E-state index in [9.17, 15) is 4.79 Å². The van der Waals surface area contributed by atoms with Gasteiger partial charge in [-0.3, -0.25) is 0 Å². The van der Waals surface area contributed by atoms with E-state index in [2.05, 4.69) is 17.2 Å². The highest BCUT2D eigenvalue weighted by molar-refractivity contribution is 5.53. The van der Waals surface area contributed by atoms with Crippen molar-refractivity contribution < 1.29 is 4.79 Å². The average molecular weight is 157 g/mol. The van der Waals surface area contributed by atoms with Gasteiger partial charge in [0.15, 0.2) is 0 Å². The molecular weight excluding hydrogens is 142 g/mol. The Bertz CT molecular complexity index is 116. The van der Waals surface area contributed by atoms with Crippen molar-refractivity contribution in [3.8, 4) is 0 Å². The number of nitrogens with one attached hydrogen (secondary N) is 1. The third-order valence-electron chi connectivity index (χ3n) is 1.47. The van der Waals surface area contributed by atoms with E-state index >= 15 is 0 Å². The molecule has 0 aromatic rings. The normalized spacial score (nSPS) is 12.1. The summed E-state index contributed by atoms with van der Waals surface area (Å²) in [5.74, 6) is 0.0641. The van der Waals surface area contributed by atoms with Crippen LogP contribution in [0.4, 0.5) is 0 Å². The first-order chi connectivity index (χ1) is 5.35. The second-order valence-electron chi connectivity index (χ2n) is 2.33. The standard InChI is InChI=1S/C7H15N3O/c1-9-10-5-3-7(6-11)2-4-8/h6-7,10H,1-5,8H2. The Morgan fingerprint density at radius 3 is 2.82 bits per heavy atom. The van der Waals surface area contributed by atoms with Gasteiger partial charge in [0.2, 0.25) is 0 Å². The van der Waals surface area contributed by atoms with E-state index in [1.165, 1.54) is 0 Å². The summed E-state index contributed by atoms with van der Waals surface area (Å²) in [7, 11) is 0. The minimum absolute atomic E-state index is 0.0641. The smallest absolute Gasteiger partial charge is 0.123 e. The number of rotatable bonds is 7. The second-order valence-corrected chi connectivity index (χ2v) is 2.33. The maximum Gasteiger partial charge on any atom is 0.123 e. The summed E-state index contributed by atoms with van der Waals surface area (Å²) in [6, 6.07) is 0. The summed E-state index contributed by atoms with van der Waals surface area (Å²) in [5, 5.41) is 3.45. The lowest BCUT2D eigenvalue weighted by atomic mass is 10.0. The maximum atomic E-state index is 10.4. The fourth-order valence-electron chi connectivity index (χ4n) is 0.823. The first-order valence-corrected chi connectivity index (χ1v) is 3.69. The first kappa shape index (κ1) is 10.1. The van der Waals surface area contributed by atoms with E-state index in [1.807, 2.05) is 0 Å². The molecule has 0 aromatic heterocycles. The van der Waals surface area contributed by atoms with Crippen LogP contribution in [-0.2, 0) is 4.79 Å². The van der Waals surface area contributed by atoms with Crippen LogP contribution in [0.2, 0.25) is 0 Å². The predicted molar refractivity (Wildman–Crippen MR) is 45.4 cm³/mol. The van der Waals surface area contributed by atoms with Crippen LogP contribution in [0.25, 0.3) is 0 Å². The molecule has 0 spiro atoms. The third-order valence-corrected chi connectivity index (χ3v) is 1.47. The predicted octanol–water partition coefficient (Wildman–Crippen LogP) is -0.254. The molecular formula is C7H15N3O.